The molecular weight excluding hydrogens is 359 g/mol. The normalized spacial score (nSPS) is 19.1. The first-order chi connectivity index (χ1) is 11.8. The van der Waals surface area contributed by atoms with Gasteiger partial charge in [0, 0.05) is 18.9 Å². The first-order valence-electron chi connectivity index (χ1n) is 7.37. The van der Waals surface area contributed by atoms with E-state index in [0.717, 1.165) is 12.3 Å². The van der Waals surface area contributed by atoms with Crippen LogP contribution in [0.2, 0.25) is 0 Å². The van der Waals surface area contributed by atoms with Crippen molar-refractivity contribution in [1.29, 1.82) is 0 Å². The van der Waals surface area contributed by atoms with Crippen LogP contribution in [0.5, 0.6) is 5.75 Å². The van der Waals surface area contributed by atoms with Gasteiger partial charge in [-0.3, -0.25) is 9.97 Å². The van der Waals surface area contributed by atoms with Crippen molar-refractivity contribution in [3.8, 4) is 5.75 Å². The quantitative estimate of drug-likeness (QED) is 0.823. The highest BCUT2D eigenvalue weighted by Crippen LogP contribution is 2.29. The molecule has 134 valence electrons. The number of rotatable bonds is 4. The molecule has 0 N–H and O–H groups in total. The molecule has 0 radical (unpaired) electrons. The van der Waals surface area contributed by atoms with Crippen LogP contribution >= 0.6 is 0 Å². The van der Waals surface area contributed by atoms with E-state index in [-0.39, 0.29) is 24.1 Å². The Bertz CT molecular complexity index is 827. The van der Waals surface area contributed by atoms with Gasteiger partial charge in [0.15, 0.2) is 0 Å². The highest BCUT2D eigenvalue weighted by atomic mass is 32.2. The van der Waals surface area contributed by atoms with E-state index in [1.54, 1.807) is 18.3 Å². The minimum Gasteiger partial charge on any atom is -0.487 e. The van der Waals surface area contributed by atoms with E-state index in [2.05, 4.69) is 9.97 Å². The molecule has 0 spiro atoms. The predicted molar refractivity (Wildman–Crippen MR) is 81.3 cm³/mol. The summed E-state index contributed by atoms with van der Waals surface area (Å²) in [5.74, 6) is 0.531. The van der Waals surface area contributed by atoms with Crippen molar-refractivity contribution in [2.24, 2.45) is 0 Å². The van der Waals surface area contributed by atoms with Crippen molar-refractivity contribution in [1.82, 2.24) is 14.3 Å². The molecule has 0 bridgehead atoms. The molecule has 1 fully saturated rings. The summed E-state index contributed by atoms with van der Waals surface area (Å²) in [6, 6.07) is 4.99. The van der Waals surface area contributed by atoms with E-state index in [9.17, 15) is 21.6 Å². The zero-order valence-corrected chi connectivity index (χ0v) is 13.7. The maximum atomic E-state index is 12.5. The Morgan fingerprint density at radius 2 is 2.00 bits per heavy atom. The van der Waals surface area contributed by atoms with Crippen molar-refractivity contribution in [2.75, 3.05) is 13.1 Å². The highest BCUT2D eigenvalue weighted by molar-refractivity contribution is 7.89. The molecule has 0 amide bonds. The summed E-state index contributed by atoms with van der Waals surface area (Å²) >= 11 is 0. The number of hydrogen-bond donors (Lipinski definition) is 0. The standard InChI is InChI=1S/C15H14F3N3O3S/c16-15(17,18)14-4-3-13(9-20-14)25(22,23)21-7-5-12(10-21)24-11-2-1-6-19-8-11/h1-4,6,8-9,12H,5,7,10H2/t12-/m0/s1. The Kier molecular flexibility index (Phi) is 4.65. The molecule has 3 heterocycles. The van der Waals surface area contributed by atoms with Crippen molar-refractivity contribution >= 4 is 10.0 Å². The molecule has 2 aromatic rings. The molecule has 25 heavy (non-hydrogen) atoms. The van der Waals surface area contributed by atoms with Crippen molar-refractivity contribution < 1.29 is 26.3 Å². The average molecular weight is 373 g/mol. The van der Waals surface area contributed by atoms with Crippen LogP contribution in [0.25, 0.3) is 0 Å². The Morgan fingerprint density at radius 1 is 1.20 bits per heavy atom. The van der Waals surface area contributed by atoms with Gasteiger partial charge in [-0.15, -0.1) is 0 Å². The summed E-state index contributed by atoms with van der Waals surface area (Å²) in [6.07, 6.45) is -0.637. The SMILES string of the molecule is O=S(=O)(c1ccc(C(F)(F)F)nc1)N1CC[C@H](Oc2cccnc2)C1. The maximum Gasteiger partial charge on any atom is 0.433 e. The van der Waals surface area contributed by atoms with Crippen molar-refractivity contribution in [3.05, 3.63) is 48.5 Å². The number of alkyl halides is 3. The van der Waals surface area contributed by atoms with Gasteiger partial charge in [0.1, 0.15) is 22.4 Å². The van der Waals surface area contributed by atoms with Gasteiger partial charge in [0.2, 0.25) is 10.0 Å². The molecule has 6 nitrogen and oxygen atoms in total. The van der Waals surface area contributed by atoms with Gasteiger partial charge in [-0.2, -0.15) is 17.5 Å². The molecular formula is C15H14F3N3O3S. The molecule has 0 aliphatic carbocycles. The monoisotopic (exact) mass is 373 g/mol. The van der Waals surface area contributed by atoms with Gasteiger partial charge in [0.05, 0.1) is 12.7 Å². The Labute approximate surface area is 142 Å². The van der Waals surface area contributed by atoms with Crippen LogP contribution in [0.1, 0.15) is 12.1 Å². The first kappa shape index (κ1) is 17.6. The predicted octanol–water partition coefficient (Wildman–Crippen LogP) is 2.34. The van der Waals surface area contributed by atoms with Crippen LogP contribution in [-0.4, -0.2) is 41.9 Å². The van der Waals surface area contributed by atoms with Gasteiger partial charge in [0.25, 0.3) is 0 Å². The maximum absolute atomic E-state index is 12.5. The molecule has 0 unspecified atom stereocenters. The lowest BCUT2D eigenvalue weighted by Crippen LogP contribution is -2.31. The van der Waals surface area contributed by atoms with Crippen molar-refractivity contribution in [2.45, 2.75) is 23.6 Å². The Hall–Kier alpha value is -2.20. The fraction of sp³-hybridized carbons (Fsp3) is 0.333. The third-order valence-corrected chi connectivity index (χ3v) is 5.56. The third kappa shape index (κ3) is 3.90. The molecule has 10 heteroatoms. The molecule has 0 saturated carbocycles. The number of halogens is 3. The topological polar surface area (TPSA) is 72.4 Å². The number of pyridine rings is 2. The minimum absolute atomic E-state index is 0.109. The van der Waals surface area contributed by atoms with Crippen LogP contribution in [0.3, 0.4) is 0 Å². The van der Waals surface area contributed by atoms with Crippen LogP contribution < -0.4 is 4.74 Å². The third-order valence-electron chi connectivity index (χ3n) is 3.71. The van der Waals surface area contributed by atoms with E-state index in [4.69, 9.17) is 4.74 Å². The van der Waals surface area contributed by atoms with Crippen LogP contribution in [-0.2, 0) is 16.2 Å². The van der Waals surface area contributed by atoms with Gasteiger partial charge >= 0.3 is 6.18 Å². The van der Waals surface area contributed by atoms with Gasteiger partial charge in [-0.25, -0.2) is 8.42 Å². The van der Waals surface area contributed by atoms with Crippen LogP contribution in [0.4, 0.5) is 13.2 Å². The second kappa shape index (κ2) is 6.60. The lowest BCUT2D eigenvalue weighted by Gasteiger charge is -2.17. The second-order valence-corrected chi connectivity index (χ2v) is 7.40. The number of hydrogen-bond acceptors (Lipinski definition) is 5. The van der Waals surface area contributed by atoms with Gasteiger partial charge < -0.3 is 4.74 Å². The highest BCUT2D eigenvalue weighted by Gasteiger charge is 2.36. The zero-order valence-electron chi connectivity index (χ0n) is 12.8. The minimum atomic E-state index is -4.61. The summed E-state index contributed by atoms with van der Waals surface area (Å²) in [5, 5.41) is 0. The second-order valence-electron chi connectivity index (χ2n) is 5.46. The molecule has 1 aliphatic heterocycles. The van der Waals surface area contributed by atoms with E-state index in [1.807, 2.05) is 0 Å². The summed E-state index contributed by atoms with van der Waals surface area (Å²) in [4.78, 5) is 6.84. The summed E-state index contributed by atoms with van der Waals surface area (Å²) in [6.45, 7) is 0.326. The van der Waals surface area contributed by atoms with E-state index >= 15 is 0 Å². The largest absolute Gasteiger partial charge is 0.487 e. The van der Waals surface area contributed by atoms with Crippen molar-refractivity contribution in [3.63, 3.8) is 0 Å². The van der Waals surface area contributed by atoms with E-state index in [1.165, 1.54) is 10.5 Å². The lowest BCUT2D eigenvalue weighted by molar-refractivity contribution is -0.141. The van der Waals surface area contributed by atoms with E-state index in [0.29, 0.717) is 18.2 Å². The van der Waals surface area contributed by atoms with Gasteiger partial charge in [-0.05, 0) is 30.7 Å². The number of nitrogens with zero attached hydrogens (tertiary/aromatic N) is 3. The fourth-order valence-corrected chi connectivity index (χ4v) is 3.90. The van der Waals surface area contributed by atoms with Crippen LogP contribution in [0, 0.1) is 0 Å². The number of sulfonamides is 1. The Morgan fingerprint density at radius 3 is 2.60 bits per heavy atom. The first-order valence-corrected chi connectivity index (χ1v) is 8.81. The fourth-order valence-electron chi connectivity index (χ4n) is 2.47. The summed E-state index contributed by atoms with van der Waals surface area (Å²) < 4.78 is 69.5. The summed E-state index contributed by atoms with van der Waals surface area (Å²) in [7, 11) is -3.92. The smallest absolute Gasteiger partial charge is 0.433 e. The molecule has 3 rings (SSSR count). The van der Waals surface area contributed by atoms with Crippen LogP contribution in [0.15, 0.2) is 47.8 Å². The average Bonchev–Trinajstić information content (AvgIpc) is 3.04. The molecule has 0 aromatic carbocycles. The Balaban J connectivity index is 1.71. The van der Waals surface area contributed by atoms with E-state index < -0.39 is 21.9 Å². The number of aromatic nitrogens is 2. The summed E-state index contributed by atoms with van der Waals surface area (Å²) in [5.41, 5.74) is -1.13. The van der Waals surface area contributed by atoms with Gasteiger partial charge in [-0.1, -0.05) is 0 Å². The molecule has 1 atom stereocenters. The molecule has 2 aromatic heterocycles. The zero-order chi connectivity index (χ0) is 18.1. The molecule has 1 aliphatic rings. The number of ether oxygens (including phenoxy) is 1. The molecule has 1 saturated heterocycles. The lowest BCUT2D eigenvalue weighted by atomic mass is 10.3.